The van der Waals surface area contributed by atoms with Crippen LogP contribution in [0.5, 0.6) is 17.2 Å². The molecule has 2 heterocycles. The lowest BCUT2D eigenvalue weighted by molar-refractivity contribution is -0.231. The Morgan fingerprint density at radius 1 is 0.903 bits per heavy atom. The van der Waals surface area contributed by atoms with Gasteiger partial charge >= 0.3 is 0 Å². The van der Waals surface area contributed by atoms with Gasteiger partial charge < -0.3 is 44.9 Å². The standard InChI is InChI=1S/C21H20O10/c22-6-13-17(27)18(28)19(29)21(31-13)15-12(25)5-11(24)14-16(26)10(7-30-20(14)15)8-1-3-9(23)4-2-8/h1-5,7,13,17-19,21-25,27-29H,6H2/t13-,17+,18+,19+,21+/m1/s1. The van der Waals surface area contributed by atoms with E-state index < -0.39 is 54.1 Å². The number of ether oxygens (including phenoxy) is 1. The lowest BCUT2D eigenvalue weighted by atomic mass is 9.89. The van der Waals surface area contributed by atoms with Gasteiger partial charge in [-0.1, -0.05) is 12.1 Å². The number of hydrogen-bond acceptors (Lipinski definition) is 10. The van der Waals surface area contributed by atoms with Gasteiger partial charge in [0.2, 0.25) is 5.43 Å². The minimum absolute atomic E-state index is 0.00778. The molecule has 0 unspecified atom stereocenters. The molecule has 5 atom stereocenters. The quantitative estimate of drug-likeness (QED) is 0.300. The average molecular weight is 432 g/mol. The highest BCUT2D eigenvalue weighted by atomic mass is 16.5. The summed E-state index contributed by atoms with van der Waals surface area (Å²) in [4.78, 5) is 13.1. The van der Waals surface area contributed by atoms with E-state index in [1.165, 1.54) is 24.3 Å². The zero-order valence-corrected chi connectivity index (χ0v) is 15.9. The molecule has 7 N–H and O–H groups in total. The Morgan fingerprint density at radius 2 is 1.58 bits per heavy atom. The summed E-state index contributed by atoms with van der Waals surface area (Å²) in [7, 11) is 0. The summed E-state index contributed by atoms with van der Waals surface area (Å²) in [5.74, 6) is -1.18. The Morgan fingerprint density at radius 3 is 2.23 bits per heavy atom. The van der Waals surface area contributed by atoms with Crippen LogP contribution in [0.2, 0.25) is 0 Å². The number of fused-ring (bicyclic) bond motifs is 1. The van der Waals surface area contributed by atoms with Crippen molar-refractivity contribution in [3.63, 3.8) is 0 Å². The number of phenols is 3. The third-order valence-corrected chi connectivity index (χ3v) is 5.40. The first-order valence-corrected chi connectivity index (χ1v) is 9.34. The number of aliphatic hydroxyl groups excluding tert-OH is 4. The van der Waals surface area contributed by atoms with Crippen molar-refractivity contribution in [3.05, 3.63) is 52.4 Å². The maximum absolute atomic E-state index is 13.1. The molecule has 4 rings (SSSR count). The van der Waals surface area contributed by atoms with Crippen molar-refractivity contribution in [3.8, 4) is 28.4 Å². The number of phenolic OH excluding ortho intramolecular Hbond substituents is 3. The van der Waals surface area contributed by atoms with Crippen LogP contribution in [0.25, 0.3) is 22.1 Å². The van der Waals surface area contributed by atoms with Gasteiger partial charge in [-0.15, -0.1) is 0 Å². The molecular formula is C21H20O10. The predicted molar refractivity (Wildman–Crippen MR) is 106 cm³/mol. The molecular weight excluding hydrogens is 412 g/mol. The molecule has 10 heteroatoms. The summed E-state index contributed by atoms with van der Waals surface area (Å²) in [6.45, 7) is -0.687. The fourth-order valence-corrected chi connectivity index (χ4v) is 3.75. The minimum Gasteiger partial charge on any atom is -0.508 e. The van der Waals surface area contributed by atoms with Crippen LogP contribution in [-0.2, 0) is 4.74 Å². The van der Waals surface area contributed by atoms with E-state index >= 15 is 0 Å². The van der Waals surface area contributed by atoms with Crippen molar-refractivity contribution in [1.82, 2.24) is 0 Å². The van der Waals surface area contributed by atoms with Gasteiger partial charge in [0.15, 0.2) is 5.58 Å². The highest BCUT2D eigenvalue weighted by Crippen LogP contribution is 2.43. The summed E-state index contributed by atoms with van der Waals surface area (Å²) < 4.78 is 11.0. The Labute approximate surface area is 174 Å². The molecule has 164 valence electrons. The van der Waals surface area contributed by atoms with Gasteiger partial charge in [-0.05, 0) is 17.7 Å². The van der Waals surface area contributed by atoms with Gasteiger partial charge in [0.25, 0.3) is 0 Å². The summed E-state index contributed by atoms with van der Waals surface area (Å²) in [5.41, 5.74) is -0.729. The predicted octanol–water partition coefficient (Wildman–Crippen LogP) is 0.0917. The molecule has 0 radical (unpaired) electrons. The third kappa shape index (κ3) is 3.40. The molecule has 1 fully saturated rings. The third-order valence-electron chi connectivity index (χ3n) is 5.40. The molecule has 1 aliphatic heterocycles. The second-order valence-corrected chi connectivity index (χ2v) is 7.31. The summed E-state index contributed by atoms with van der Waals surface area (Å²) in [6, 6.07) is 6.56. The van der Waals surface area contributed by atoms with Gasteiger partial charge in [0, 0.05) is 6.07 Å². The van der Waals surface area contributed by atoms with Crippen LogP contribution >= 0.6 is 0 Å². The van der Waals surface area contributed by atoms with Crippen LogP contribution < -0.4 is 5.43 Å². The van der Waals surface area contributed by atoms with Crippen molar-refractivity contribution < 1.29 is 44.9 Å². The molecule has 31 heavy (non-hydrogen) atoms. The summed E-state index contributed by atoms with van der Waals surface area (Å²) in [5, 5.41) is 69.8. The van der Waals surface area contributed by atoms with Crippen molar-refractivity contribution in [2.24, 2.45) is 0 Å². The fourth-order valence-electron chi connectivity index (χ4n) is 3.75. The van der Waals surface area contributed by atoms with Crippen LogP contribution in [0, 0.1) is 0 Å². The van der Waals surface area contributed by atoms with Crippen LogP contribution in [0.1, 0.15) is 11.7 Å². The molecule has 0 bridgehead atoms. The molecule has 2 aromatic carbocycles. The van der Waals surface area contributed by atoms with E-state index in [0.717, 1.165) is 12.3 Å². The van der Waals surface area contributed by atoms with E-state index in [2.05, 4.69) is 0 Å². The number of rotatable bonds is 3. The second-order valence-electron chi connectivity index (χ2n) is 7.31. The van der Waals surface area contributed by atoms with Crippen molar-refractivity contribution in [2.75, 3.05) is 6.61 Å². The molecule has 10 nitrogen and oxygen atoms in total. The molecule has 0 amide bonds. The zero-order chi connectivity index (χ0) is 22.4. The minimum atomic E-state index is -1.74. The topological polar surface area (TPSA) is 181 Å². The first-order valence-electron chi connectivity index (χ1n) is 9.34. The van der Waals surface area contributed by atoms with E-state index in [9.17, 15) is 40.5 Å². The maximum Gasteiger partial charge on any atom is 0.204 e. The number of benzene rings is 2. The monoisotopic (exact) mass is 432 g/mol. The van der Waals surface area contributed by atoms with Crippen LogP contribution in [0.15, 0.2) is 45.8 Å². The van der Waals surface area contributed by atoms with Crippen molar-refractivity contribution in [2.45, 2.75) is 30.5 Å². The van der Waals surface area contributed by atoms with E-state index in [4.69, 9.17) is 9.15 Å². The number of aromatic hydroxyl groups is 3. The van der Waals surface area contributed by atoms with Crippen LogP contribution in [0.3, 0.4) is 0 Å². The Kier molecular flexibility index (Phi) is 5.33. The molecule has 1 saturated heterocycles. The Balaban J connectivity index is 1.92. The van der Waals surface area contributed by atoms with Gasteiger partial charge in [0.05, 0.1) is 17.7 Å². The van der Waals surface area contributed by atoms with E-state index in [1.54, 1.807) is 0 Å². The van der Waals surface area contributed by atoms with Crippen molar-refractivity contribution in [1.29, 1.82) is 0 Å². The summed E-state index contributed by atoms with van der Waals surface area (Å²) >= 11 is 0. The normalized spacial score (nSPS) is 26.3. The van der Waals surface area contributed by atoms with E-state index in [-0.39, 0.29) is 27.8 Å². The van der Waals surface area contributed by atoms with E-state index in [1.807, 2.05) is 0 Å². The molecule has 0 saturated carbocycles. The van der Waals surface area contributed by atoms with Crippen LogP contribution in [0.4, 0.5) is 0 Å². The van der Waals surface area contributed by atoms with E-state index in [0.29, 0.717) is 5.56 Å². The maximum atomic E-state index is 13.1. The largest absolute Gasteiger partial charge is 0.508 e. The molecule has 1 aliphatic rings. The smallest absolute Gasteiger partial charge is 0.204 e. The average Bonchev–Trinajstić information content (AvgIpc) is 2.74. The Hall–Kier alpha value is -3.15. The highest BCUT2D eigenvalue weighted by Gasteiger charge is 2.46. The molecule has 0 aliphatic carbocycles. The first kappa shape index (κ1) is 21.1. The molecule has 0 spiro atoms. The molecule has 3 aromatic rings. The fraction of sp³-hybridized carbons (Fsp3) is 0.286. The van der Waals surface area contributed by atoms with Gasteiger partial charge in [-0.3, -0.25) is 4.79 Å². The van der Waals surface area contributed by atoms with Gasteiger partial charge in [-0.2, -0.15) is 0 Å². The zero-order valence-electron chi connectivity index (χ0n) is 15.9. The lowest BCUT2D eigenvalue weighted by Gasteiger charge is -2.40. The Bertz CT molecular complexity index is 1170. The lowest BCUT2D eigenvalue weighted by Crippen LogP contribution is -2.55. The highest BCUT2D eigenvalue weighted by molar-refractivity contribution is 5.91. The van der Waals surface area contributed by atoms with Crippen LogP contribution in [-0.4, -0.2) is 66.8 Å². The van der Waals surface area contributed by atoms with Gasteiger partial charge in [0.1, 0.15) is 59.4 Å². The van der Waals surface area contributed by atoms with Gasteiger partial charge in [-0.25, -0.2) is 0 Å². The molecule has 1 aromatic heterocycles. The SMILES string of the molecule is O=c1c(-c2ccc(O)cc2)coc2c([C@@H]3O[C@H](CO)[C@H](O)[C@H](O)[C@@H]3O)c(O)cc(O)c12. The second kappa shape index (κ2) is 7.84. The van der Waals surface area contributed by atoms with Crippen molar-refractivity contribution >= 4 is 11.0 Å². The first-order chi connectivity index (χ1) is 14.7. The number of aliphatic hydroxyl groups is 4. The number of hydrogen-bond donors (Lipinski definition) is 7. The summed E-state index contributed by atoms with van der Waals surface area (Å²) in [6.07, 6.45) is -6.73.